The number of nitrogens with one attached hydrogen (secondary N) is 1. The molecule has 0 atom stereocenters. The van der Waals surface area contributed by atoms with E-state index in [2.05, 4.69) is 4.72 Å². The van der Waals surface area contributed by atoms with E-state index >= 15 is 0 Å². The minimum absolute atomic E-state index is 0.0568. The summed E-state index contributed by atoms with van der Waals surface area (Å²) in [5, 5.41) is 0. The zero-order chi connectivity index (χ0) is 23.4. The monoisotopic (exact) mass is 470 g/mol. The van der Waals surface area contributed by atoms with Crippen molar-refractivity contribution in [2.75, 3.05) is 24.5 Å². The summed E-state index contributed by atoms with van der Waals surface area (Å²) in [7, 11) is -3.87. The Morgan fingerprint density at radius 1 is 1.00 bits per heavy atom. The molecule has 172 valence electrons. The maximum atomic E-state index is 13.1. The molecule has 0 fully saturated rings. The number of hydrogen-bond acceptors (Lipinski definition) is 5. The minimum atomic E-state index is -3.87. The second-order valence-electron chi connectivity index (χ2n) is 7.40. The molecule has 0 radical (unpaired) electrons. The lowest BCUT2D eigenvalue weighted by atomic mass is 10.1. The summed E-state index contributed by atoms with van der Waals surface area (Å²) in [6.45, 7) is 3.66. The lowest BCUT2D eigenvalue weighted by molar-refractivity contribution is 0.0749. The van der Waals surface area contributed by atoms with E-state index in [1.54, 1.807) is 17.0 Å². The van der Waals surface area contributed by atoms with Crippen LogP contribution in [-0.4, -0.2) is 39.0 Å². The zero-order valence-corrected chi connectivity index (χ0v) is 18.8. The number of ether oxygens (including phenoxy) is 2. The Kier molecular flexibility index (Phi) is 6.50. The molecule has 1 aliphatic rings. The van der Waals surface area contributed by atoms with Crippen molar-refractivity contribution in [3.05, 3.63) is 83.7 Å². The fraction of sp³-hybridized carbons (Fsp3) is 0.208. The van der Waals surface area contributed by atoms with E-state index in [9.17, 15) is 17.6 Å². The Hall–Kier alpha value is -3.59. The van der Waals surface area contributed by atoms with Gasteiger partial charge in [-0.25, -0.2) is 12.8 Å². The predicted molar refractivity (Wildman–Crippen MR) is 121 cm³/mol. The number of carbonyl (C=O) groups excluding carboxylic acids is 1. The molecule has 0 saturated heterocycles. The van der Waals surface area contributed by atoms with Crippen LogP contribution in [-0.2, 0) is 16.6 Å². The number of benzene rings is 3. The molecule has 33 heavy (non-hydrogen) atoms. The Balaban J connectivity index is 1.47. The number of halogens is 1. The average Bonchev–Trinajstić information content (AvgIpc) is 2.82. The molecule has 0 aromatic heterocycles. The molecule has 1 N–H and O–H groups in total. The van der Waals surface area contributed by atoms with Crippen LogP contribution in [0, 0.1) is 5.82 Å². The molecular formula is C24H23FN2O5S. The van der Waals surface area contributed by atoms with E-state index in [0.29, 0.717) is 49.1 Å². The third-order valence-electron chi connectivity index (χ3n) is 5.19. The summed E-state index contributed by atoms with van der Waals surface area (Å²) in [5.41, 5.74) is 1.57. The van der Waals surface area contributed by atoms with Crippen molar-refractivity contribution >= 4 is 21.6 Å². The van der Waals surface area contributed by atoms with E-state index in [-0.39, 0.29) is 10.8 Å². The molecule has 3 aromatic carbocycles. The van der Waals surface area contributed by atoms with Gasteiger partial charge in [-0.2, -0.15) is 0 Å². The molecule has 0 bridgehead atoms. The molecule has 0 unspecified atom stereocenters. The summed E-state index contributed by atoms with van der Waals surface area (Å²) in [4.78, 5) is 14.7. The number of sulfonamides is 1. The average molecular weight is 471 g/mol. The van der Waals surface area contributed by atoms with Crippen LogP contribution in [0.1, 0.15) is 22.8 Å². The fourth-order valence-corrected chi connectivity index (χ4v) is 4.54. The topological polar surface area (TPSA) is 84.9 Å². The summed E-state index contributed by atoms with van der Waals surface area (Å²) < 4.78 is 51.8. The molecule has 7 nitrogen and oxygen atoms in total. The van der Waals surface area contributed by atoms with Gasteiger partial charge in [0.05, 0.1) is 4.90 Å². The SMILES string of the molecule is CCN(Cc1cccc2c1OCCO2)C(=O)c1ccc(NS(=O)(=O)c2ccc(F)cc2)cc1. The van der Waals surface area contributed by atoms with Crippen LogP contribution in [0.4, 0.5) is 10.1 Å². The van der Waals surface area contributed by atoms with Gasteiger partial charge in [-0.3, -0.25) is 9.52 Å². The number of fused-ring (bicyclic) bond motifs is 1. The predicted octanol–water partition coefficient (Wildman–Crippen LogP) is 4.06. The number of anilines is 1. The van der Waals surface area contributed by atoms with Crippen molar-refractivity contribution in [1.29, 1.82) is 0 Å². The highest BCUT2D eigenvalue weighted by atomic mass is 32.2. The van der Waals surface area contributed by atoms with Crippen LogP contribution >= 0.6 is 0 Å². The first kappa shape index (κ1) is 22.6. The third kappa shape index (κ3) is 5.09. The molecule has 1 aliphatic heterocycles. The molecular weight excluding hydrogens is 447 g/mol. The second-order valence-corrected chi connectivity index (χ2v) is 9.08. The van der Waals surface area contributed by atoms with Gasteiger partial charge in [-0.15, -0.1) is 0 Å². The third-order valence-corrected chi connectivity index (χ3v) is 6.58. The van der Waals surface area contributed by atoms with E-state index in [1.807, 2.05) is 25.1 Å². The standard InChI is InChI=1S/C24H23FN2O5S/c1-2-27(16-18-4-3-5-22-23(18)32-15-14-31-22)24(28)17-6-10-20(11-7-17)26-33(29,30)21-12-8-19(25)9-13-21/h3-13,26H,2,14-16H2,1H3. The number of nitrogens with zero attached hydrogens (tertiary/aromatic N) is 1. The largest absolute Gasteiger partial charge is 0.486 e. The molecule has 4 rings (SSSR count). The first-order valence-electron chi connectivity index (χ1n) is 10.4. The van der Waals surface area contributed by atoms with Crippen LogP contribution in [0.25, 0.3) is 0 Å². The van der Waals surface area contributed by atoms with Crippen molar-refractivity contribution in [2.24, 2.45) is 0 Å². The highest BCUT2D eigenvalue weighted by molar-refractivity contribution is 7.92. The van der Waals surface area contributed by atoms with Crippen LogP contribution in [0.2, 0.25) is 0 Å². The maximum absolute atomic E-state index is 13.1. The summed E-state index contributed by atoms with van der Waals surface area (Å²) >= 11 is 0. The Bertz CT molecular complexity index is 1240. The number of carbonyl (C=O) groups is 1. The molecule has 3 aromatic rings. The van der Waals surface area contributed by atoms with Gasteiger partial charge in [0.15, 0.2) is 11.5 Å². The Morgan fingerprint density at radius 2 is 1.70 bits per heavy atom. The van der Waals surface area contributed by atoms with Crippen molar-refractivity contribution in [1.82, 2.24) is 4.90 Å². The molecule has 0 aliphatic carbocycles. The van der Waals surface area contributed by atoms with Crippen molar-refractivity contribution in [3.63, 3.8) is 0 Å². The first-order valence-corrected chi connectivity index (χ1v) is 11.9. The second kappa shape index (κ2) is 9.50. The maximum Gasteiger partial charge on any atom is 0.261 e. The van der Waals surface area contributed by atoms with Gasteiger partial charge >= 0.3 is 0 Å². The highest BCUT2D eigenvalue weighted by Gasteiger charge is 2.21. The van der Waals surface area contributed by atoms with Gasteiger partial charge in [0.2, 0.25) is 0 Å². The number of para-hydroxylation sites is 1. The van der Waals surface area contributed by atoms with Crippen molar-refractivity contribution in [2.45, 2.75) is 18.4 Å². The van der Waals surface area contributed by atoms with Crippen LogP contribution in [0.5, 0.6) is 11.5 Å². The van der Waals surface area contributed by atoms with Crippen molar-refractivity contribution < 1.29 is 27.1 Å². The lowest BCUT2D eigenvalue weighted by Crippen LogP contribution is -2.31. The smallest absolute Gasteiger partial charge is 0.261 e. The molecule has 1 heterocycles. The van der Waals surface area contributed by atoms with E-state index in [0.717, 1.165) is 17.7 Å². The quantitative estimate of drug-likeness (QED) is 0.563. The molecule has 1 amide bonds. The highest BCUT2D eigenvalue weighted by Crippen LogP contribution is 2.34. The molecule has 0 spiro atoms. The van der Waals surface area contributed by atoms with E-state index in [1.165, 1.54) is 24.3 Å². The Labute approximate surface area is 191 Å². The summed E-state index contributed by atoms with van der Waals surface area (Å²) in [6.07, 6.45) is 0. The van der Waals surface area contributed by atoms with Gasteiger partial charge in [0.1, 0.15) is 19.0 Å². The van der Waals surface area contributed by atoms with Gasteiger partial charge in [0, 0.05) is 29.9 Å². The lowest BCUT2D eigenvalue weighted by Gasteiger charge is -2.25. The zero-order valence-electron chi connectivity index (χ0n) is 18.0. The normalized spacial score (nSPS) is 12.8. The van der Waals surface area contributed by atoms with E-state index < -0.39 is 15.8 Å². The molecule has 0 saturated carbocycles. The Morgan fingerprint density at radius 3 is 2.39 bits per heavy atom. The molecule has 9 heteroatoms. The first-order chi connectivity index (χ1) is 15.9. The van der Waals surface area contributed by atoms with Crippen LogP contribution in [0.15, 0.2) is 71.6 Å². The number of hydrogen-bond donors (Lipinski definition) is 1. The fourth-order valence-electron chi connectivity index (χ4n) is 3.48. The van der Waals surface area contributed by atoms with Crippen molar-refractivity contribution in [3.8, 4) is 11.5 Å². The minimum Gasteiger partial charge on any atom is -0.486 e. The van der Waals surface area contributed by atoms with Crippen LogP contribution in [0.3, 0.4) is 0 Å². The summed E-state index contributed by atoms with van der Waals surface area (Å²) in [5.74, 6) is 0.604. The van der Waals surface area contributed by atoms with Gasteiger partial charge in [0.25, 0.3) is 15.9 Å². The van der Waals surface area contributed by atoms with E-state index in [4.69, 9.17) is 9.47 Å². The summed E-state index contributed by atoms with van der Waals surface area (Å²) in [6, 6.07) is 16.3. The van der Waals surface area contributed by atoms with Crippen LogP contribution < -0.4 is 14.2 Å². The van der Waals surface area contributed by atoms with Gasteiger partial charge in [-0.1, -0.05) is 12.1 Å². The van der Waals surface area contributed by atoms with Gasteiger partial charge in [-0.05, 0) is 61.5 Å². The number of rotatable bonds is 7. The van der Waals surface area contributed by atoms with Gasteiger partial charge < -0.3 is 14.4 Å². The number of amides is 1.